The highest BCUT2D eigenvalue weighted by molar-refractivity contribution is 5.89. The van der Waals surface area contributed by atoms with Crippen molar-refractivity contribution < 1.29 is 22.7 Å². The van der Waals surface area contributed by atoms with Crippen LogP contribution in [0.15, 0.2) is 78.9 Å². The van der Waals surface area contributed by atoms with Crippen LogP contribution in [0.2, 0.25) is 0 Å². The number of urea groups is 1. The van der Waals surface area contributed by atoms with Crippen LogP contribution in [0.25, 0.3) is 11.0 Å². The van der Waals surface area contributed by atoms with Gasteiger partial charge in [-0.25, -0.2) is 9.78 Å². The molecular formula is C28H27F3N4O2. The molecule has 0 atom stereocenters. The first-order chi connectivity index (χ1) is 17.9. The smallest absolute Gasteiger partial charge is 0.416 e. The number of piperidine rings is 1. The molecule has 0 aliphatic carbocycles. The summed E-state index contributed by atoms with van der Waals surface area (Å²) < 4.78 is 46.5. The number of rotatable bonds is 6. The summed E-state index contributed by atoms with van der Waals surface area (Å²) in [6.45, 7) is 2.26. The quantitative estimate of drug-likeness (QED) is 0.320. The van der Waals surface area contributed by atoms with Crippen LogP contribution in [0, 0.1) is 5.92 Å². The van der Waals surface area contributed by atoms with E-state index in [4.69, 9.17) is 9.72 Å². The van der Waals surface area contributed by atoms with E-state index in [9.17, 15) is 18.0 Å². The van der Waals surface area contributed by atoms with Crippen molar-refractivity contribution in [3.05, 3.63) is 90.3 Å². The molecule has 6 nitrogen and oxygen atoms in total. The molecule has 4 aromatic rings. The molecule has 2 heterocycles. The summed E-state index contributed by atoms with van der Waals surface area (Å²) in [5.41, 5.74) is 1.57. The van der Waals surface area contributed by atoms with Gasteiger partial charge in [0.25, 0.3) is 0 Å². The van der Waals surface area contributed by atoms with Crippen molar-refractivity contribution in [2.24, 2.45) is 5.92 Å². The predicted octanol–water partition coefficient (Wildman–Crippen LogP) is 6.58. The fraction of sp³-hybridized carbons (Fsp3) is 0.286. The number of halogens is 3. The van der Waals surface area contributed by atoms with Crippen LogP contribution in [0.1, 0.15) is 24.2 Å². The lowest BCUT2D eigenvalue weighted by molar-refractivity contribution is -0.137. The molecule has 37 heavy (non-hydrogen) atoms. The lowest BCUT2D eigenvalue weighted by Crippen LogP contribution is -2.41. The minimum atomic E-state index is -4.40. The zero-order valence-electron chi connectivity index (χ0n) is 20.1. The van der Waals surface area contributed by atoms with E-state index in [1.54, 1.807) is 4.90 Å². The number of likely N-dealkylation sites (tertiary alicyclic amines) is 1. The molecule has 9 heteroatoms. The molecule has 1 N–H and O–H groups in total. The number of alkyl halides is 3. The number of nitrogens with zero attached hydrogens (tertiary/aromatic N) is 3. The van der Waals surface area contributed by atoms with Crippen LogP contribution < -0.4 is 10.1 Å². The Morgan fingerprint density at radius 2 is 1.62 bits per heavy atom. The van der Waals surface area contributed by atoms with Gasteiger partial charge in [-0.3, -0.25) is 0 Å². The van der Waals surface area contributed by atoms with Gasteiger partial charge in [0.05, 0.1) is 16.6 Å². The third-order valence-corrected chi connectivity index (χ3v) is 6.65. The SMILES string of the molecule is O=C(Nc1ccc(C(F)(F)F)cc1)N1CCC(Cn2c(COc3ccccc3)nc3ccccc32)CC1. The molecule has 1 aliphatic heterocycles. The van der Waals surface area contributed by atoms with Gasteiger partial charge < -0.3 is 19.5 Å². The normalized spacial score (nSPS) is 14.6. The summed E-state index contributed by atoms with van der Waals surface area (Å²) in [7, 11) is 0. The average molecular weight is 509 g/mol. The third kappa shape index (κ3) is 5.87. The summed E-state index contributed by atoms with van der Waals surface area (Å²) >= 11 is 0. The van der Waals surface area contributed by atoms with Gasteiger partial charge in [-0.2, -0.15) is 13.2 Å². The standard InChI is InChI=1S/C28H27F3N4O2/c29-28(30,31)21-10-12-22(13-11-21)32-27(36)34-16-14-20(15-17-34)18-35-25-9-5-4-8-24(25)33-26(35)19-37-23-6-2-1-3-7-23/h1-13,20H,14-19H2,(H,32,36). The molecule has 0 bridgehead atoms. The number of para-hydroxylation sites is 3. The molecule has 5 rings (SSSR count). The number of hydrogen-bond donors (Lipinski definition) is 1. The topological polar surface area (TPSA) is 59.4 Å². The van der Waals surface area contributed by atoms with E-state index >= 15 is 0 Å². The summed E-state index contributed by atoms with van der Waals surface area (Å²) in [5.74, 6) is 1.99. The van der Waals surface area contributed by atoms with Crippen LogP contribution in [0.5, 0.6) is 5.75 Å². The monoisotopic (exact) mass is 508 g/mol. The van der Waals surface area contributed by atoms with Crippen molar-refractivity contribution in [1.29, 1.82) is 0 Å². The van der Waals surface area contributed by atoms with Crippen LogP contribution in [0.3, 0.4) is 0 Å². The van der Waals surface area contributed by atoms with Crippen LogP contribution >= 0.6 is 0 Å². The minimum absolute atomic E-state index is 0.303. The van der Waals surface area contributed by atoms with Crippen molar-refractivity contribution >= 4 is 22.8 Å². The lowest BCUT2D eigenvalue weighted by atomic mass is 9.96. The molecule has 0 saturated carbocycles. The molecule has 2 amide bonds. The second-order valence-corrected chi connectivity index (χ2v) is 9.16. The van der Waals surface area contributed by atoms with Crippen molar-refractivity contribution in [1.82, 2.24) is 14.5 Å². The van der Waals surface area contributed by atoms with Crippen molar-refractivity contribution in [2.45, 2.75) is 32.2 Å². The van der Waals surface area contributed by atoms with E-state index in [0.717, 1.165) is 54.1 Å². The number of hydrogen-bond acceptors (Lipinski definition) is 3. The number of nitrogens with one attached hydrogen (secondary N) is 1. The Labute approximate surface area is 212 Å². The number of carbonyl (C=O) groups is 1. The Morgan fingerprint density at radius 3 is 2.32 bits per heavy atom. The van der Waals surface area contributed by atoms with Crippen LogP contribution in [-0.2, 0) is 19.3 Å². The summed E-state index contributed by atoms with van der Waals surface area (Å²) in [5, 5.41) is 2.70. The Bertz CT molecular complexity index is 1350. The second-order valence-electron chi connectivity index (χ2n) is 9.16. The highest BCUT2D eigenvalue weighted by Crippen LogP contribution is 2.30. The molecule has 0 unspecified atom stereocenters. The Kier molecular flexibility index (Phi) is 7.03. The average Bonchev–Trinajstić information content (AvgIpc) is 3.25. The Balaban J connectivity index is 1.20. The van der Waals surface area contributed by atoms with E-state index in [-0.39, 0.29) is 6.03 Å². The molecule has 0 radical (unpaired) electrons. The van der Waals surface area contributed by atoms with Gasteiger partial charge in [-0.1, -0.05) is 30.3 Å². The van der Waals surface area contributed by atoms with Gasteiger partial charge in [-0.15, -0.1) is 0 Å². The van der Waals surface area contributed by atoms with Gasteiger partial charge in [0.15, 0.2) is 0 Å². The number of anilines is 1. The predicted molar refractivity (Wildman–Crippen MR) is 135 cm³/mol. The summed E-state index contributed by atoms with van der Waals surface area (Å²) in [6, 6.07) is 21.8. The maximum absolute atomic E-state index is 12.8. The Morgan fingerprint density at radius 1 is 0.946 bits per heavy atom. The fourth-order valence-corrected chi connectivity index (χ4v) is 4.63. The molecule has 0 spiro atoms. The number of carbonyl (C=O) groups excluding carboxylic acids is 1. The third-order valence-electron chi connectivity index (χ3n) is 6.65. The molecular weight excluding hydrogens is 481 g/mol. The second kappa shape index (κ2) is 10.5. The maximum atomic E-state index is 12.8. The lowest BCUT2D eigenvalue weighted by Gasteiger charge is -2.32. The number of fused-ring (bicyclic) bond motifs is 1. The molecule has 1 aliphatic rings. The van der Waals surface area contributed by atoms with Gasteiger partial charge in [0.1, 0.15) is 18.2 Å². The number of imidazole rings is 1. The fourth-order valence-electron chi connectivity index (χ4n) is 4.63. The van der Waals surface area contributed by atoms with Crippen LogP contribution in [-0.4, -0.2) is 33.6 Å². The summed E-state index contributed by atoms with van der Waals surface area (Å²) in [6.07, 6.45) is -2.78. The molecule has 1 fully saturated rings. The molecule has 3 aromatic carbocycles. The van der Waals surface area contributed by atoms with E-state index in [1.165, 1.54) is 12.1 Å². The van der Waals surface area contributed by atoms with E-state index in [2.05, 4.69) is 16.0 Å². The van der Waals surface area contributed by atoms with Crippen molar-refractivity contribution in [3.63, 3.8) is 0 Å². The number of benzene rings is 3. The molecule has 1 saturated heterocycles. The minimum Gasteiger partial charge on any atom is -0.486 e. The van der Waals surface area contributed by atoms with Crippen LogP contribution in [0.4, 0.5) is 23.7 Å². The first-order valence-electron chi connectivity index (χ1n) is 12.2. The first-order valence-corrected chi connectivity index (χ1v) is 12.2. The number of amides is 2. The van der Waals surface area contributed by atoms with Gasteiger partial charge in [0, 0.05) is 25.3 Å². The van der Waals surface area contributed by atoms with E-state index < -0.39 is 11.7 Å². The van der Waals surface area contributed by atoms with E-state index in [0.29, 0.717) is 31.3 Å². The first kappa shape index (κ1) is 24.7. The van der Waals surface area contributed by atoms with Crippen molar-refractivity contribution in [3.8, 4) is 5.75 Å². The highest BCUT2D eigenvalue weighted by Gasteiger charge is 2.30. The summed E-state index contributed by atoms with van der Waals surface area (Å²) in [4.78, 5) is 19.2. The zero-order chi connectivity index (χ0) is 25.8. The molecule has 1 aromatic heterocycles. The largest absolute Gasteiger partial charge is 0.486 e. The van der Waals surface area contributed by atoms with Gasteiger partial charge in [0.2, 0.25) is 0 Å². The number of ether oxygens (including phenoxy) is 1. The number of aromatic nitrogens is 2. The maximum Gasteiger partial charge on any atom is 0.416 e. The zero-order valence-corrected chi connectivity index (χ0v) is 20.1. The van der Waals surface area contributed by atoms with E-state index in [1.807, 2.05) is 48.5 Å². The Hall–Kier alpha value is -4.01. The van der Waals surface area contributed by atoms with Crippen molar-refractivity contribution in [2.75, 3.05) is 18.4 Å². The van der Waals surface area contributed by atoms with Gasteiger partial charge >= 0.3 is 12.2 Å². The molecule has 192 valence electrons. The van der Waals surface area contributed by atoms with Gasteiger partial charge in [-0.05, 0) is 67.3 Å². The highest BCUT2D eigenvalue weighted by atomic mass is 19.4.